The highest BCUT2D eigenvalue weighted by Gasteiger charge is 2.24. The second-order valence-corrected chi connectivity index (χ2v) is 5.46. The molecule has 2 aromatic carbocycles. The summed E-state index contributed by atoms with van der Waals surface area (Å²) in [4.78, 5) is 0. The highest BCUT2D eigenvalue weighted by Crippen LogP contribution is 2.30. The highest BCUT2D eigenvalue weighted by molar-refractivity contribution is 7.86. The topological polar surface area (TPSA) is 54.4 Å². The number of rotatable bonds is 3. The average molecular weight is 249 g/mol. The van der Waals surface area contributed by atoms with Crippen LogP contribution in [0.5, 0.6) is 0 Å². The van der Waals surface area contributed by atoms with Gasteiger partial charge in [-0.1, -0.05) is 49.4 Å². The first-order valence-electron chi connectivity index (χ1n) is 5.27. The van der Waals surface area contributed by atoms with Crippen LogP contribution in [0.3, 0.4) is 0 Å². The van der Waals surface area contributed by atoms with E-state index in [9.17, 15) is 13.0 Å². The van der Waals surface area contributed by atoms with Gasteiger partial charge in [-0.05, 0) is 22.8 Å². The van der Waals surface area contributed by atoms with E-state index in [-0.39, 0.29) is 6.42 Å². The predicted octanol–water partition coefficient (Wildman–Crippen LogP) is 2.99. The molecule has 89 valence electrons. The van der Waals surface area contributed by atoms with Crippen molar-refractivity contribution in [2.24, 2.45) is 0 Å². The molecule has 0 fully saturated rings. The van der Waals surface area contributed by atoms with Crippen molar-refractivity contribution < 1.29 is 13.0 Å². The van der Waals surface area contributed by atoms with Gasteiger partial charge in [0.15, 0.2) is 0 Å². The summed E-state index contributed by atoms with van der Waals surface area (Å²) in [7, 11) is -4.12. The summed E-state index contributed by atoms with van der Waals surface area (Å²) in [5.41, 5.74) is 0.598. The smallest absolute Gasteiger partial charge is 0.272 e. The molecule has 1 unspecified atom stereocenters. The fourth-order valence-corrected chi connectivity index (χ4v) is 2.82. The SMILES string of the molecule is [CH2]CC(c1cccc2ccccc12)S(=O)(=O)O. The van der Waals surface area contributed by atoms with Gasteiger partial charge in [0.25, 0.3) is 10.1 Å². The van der Waals surface area contributed by atoms with Crippen molar-refractivity contribution in [1.82, 2.24) is 0 Å². The number of fused-ring (bicyclic) bond motifs is 1. The van der Waals surface area contributed by atoms with Gasteiger partial charge in [-0.25, -0.2) is 0 Å². The summed E-state index contributed by atoms with van der Waals surface area (Å²) < 4.78 is 31.9. The molecule has 0 aromatic heterocycles. The molecule has 1 atom stereocenters. The molecule has 0 aliphatic rings. The minimum absolute atomic E-state index is 0.104. The predicted molar refractivity (Wildman–Crippen MR) is 68.2 cm³/mol. The van der Waals surface area contributed by atoms with Crippen LogP contribution in [-0.2, 0) is 10.1 Å². The van der Waals surface area contributed by atoms with E-state index >= 15 is 0 Å². The Kier molecular flexibility index (Phi) is 3.17. The third kappa shape index (κ3) is 2.33. The van der Waals surface area contributed by atoms with Gasteiger partial charge in [-0.2, -0.15) is 8.42 Å². The number of benzene rings is 2. The largest absolute Gasteiger partial charge is 0.285 e. The van der Waals surface area contributed by atoms with Crippen LogP contribution in [0.25, 0.3) is 10.8 Å². The van der Waals surface area contributed by atoms with Crippen molar-refractivity contribution in [2.75, 3.05) is 0 Å². The van der Waals surface area contributed by atoms with Gasteiger partial charge in [0, 0.05) is 0 Å². The molecule has 0 amide bonds. The highest BCUT2D eigenvalue weighted by atomic mass is 32.2. The fraction of sp³-hybridized carbons (Fsp3) is 0.154. The summed E-state index contributed by atoms with van der Waals surface area (Å²) in [6.07, 6.45) is 0.104. The van der Waals surface area contributed by atoms with Crippen molar-refractivity contribution in [3.05, 3.63) is 55.0 Å². The first-order chi connectivity index (χ1) is 8.04. The van der Waals surface area contributed by atoms with Crippen molar-refractivity contribution >= 4 is 20.9 Å². The molecule has 0 spiro atoms. The average Bonchev–Trinajstić information content (AvgIpc) is 2.28. The Morgan fingerprint density at radius 1 is 1.12 bits per heavy atom. The van der Waals surface area contributed by atoms with Gasteiger partial charge in [-0.15, -0.1) is 0 Å². The Bertz CT molecular complexity index is 627. The van der Waals surface area contributed by atoms with Gasteiger partial charge >= 0.3 is 0 Å². The molecule has 1 radical (unpaired) electrons. The summed E-state index contributed by atoms with van der Waals surface area (Å²) in [5, 5.41) is 0.821. The van der Waals surface area contributed by atoms with E-state index in [1.807, 2.05) is 30.3 Å². The maximum atomic E-state index is 11.3. The van der Waals surface area contributed by atoms with E-state index in [1.54, 1.807) is 12.1 Å². The normalized spacial score (nSPS) is 13.8. The molecule has 0 heterocycles. The summed E-state index contributed by atoms with van der Waals surface area (Å²) >= 11 is 0. The summed E-state index contributed by atoms with van der Waals surface area (Å²) in [6.45, 7) is 3.60. The molecule has 0 aliphatic carbocycles. The Morgan fingerprint density at radius 3 is 2.41 bits per heavy atom. The van der Waals surface area contributed by atoms with Crippen molar-refractivity contribution in [2.45, 2.75) is 11.7 Å². The van der Waals surface area contributed by atoms with Gasteiger partial charge in [-0.3, -0.25) is 4.55 Å². The van der Waals surface area contributed by atoms with Crippen LogP contribution in [0.4, 0.5) is 0 Å². The zero-order chi connectivity index (χ0) is 12.5. The van der Waals surface area contributed by atoms with Crippen molar-refractivity contribution in [3.8, 4) is 0 Å². The Labute approximate surface area is 101 Å². The summed E-state index contributed by atoms with van der Waals surface area (Å²) in [6, 6.07) is 12.9. The molecule has 2 rings (SSSR count). The molecule has 17 heavy (non-hydrogen) atoms. The van der Waals surface area contributed by atoms with Gasteiger partial charge < -0.3 is 0 Å². The zero-order valence-electron chi connectivity index (χ0n) is 9.20. The molecule has 0 aliphatic heterocycles. The lowest BCUT2D eigenvalue weighted by molar-refractivity contribution is 0.469. The van der Waals surface area contributed by atoms with Crippen LogP contribution in [0.15, 0.2) is 42.5 Å². The molecule has 0 saturated carbocycles. The lowest BCUT2D eigenvalue weighted by atomic mass is 10.0. The van der Waals surface area contributed by atoms with Crippen LogP contribution in [0.2, 0.25) is 0 Å². The van der Waals surface area contributed by atoms with Crippen LogP contribution in [0.1, 0.15) is 17.2 Å². The van der Waals surface area contributed by atoms with Crippen LogP contribution < -0.4 is 0 Å². The standard InChI is InChI=1S/C13H13O3S/c1-2-13(17(14,15)16)12-9-5-7-10-6-3-4-8-11(10)12/h3-9,13H,1-2H2,(H,14,15,16). The molecular formula is C13H13O3S. The Morgan fingerprint density at radius 2 is 1.76 bits per heavy atom. The molecular weight excluding hydrogens is 236 g/mol. The maximum absolute atomic E-state index is 11.3. The quantitative estimate of drug-likeness (QED) is 0.851. The number of hydrogen-bond donors (Lipinski definition) is 1. The lowest BCUT2D eigenvalue weighted by Gasteiger charge is -2.14. The lowest BCUT2D eigenvalue weighted by Crippen LogP contribution is -2.11. The van der Waals surface area contributed by atoms with E-state index in [0.29, 0.717) is 5.56 Å². The minimum Gasteiger partial charge on any atom is -0.285 e. The van der Waals surface area contributed by atoms with Gasteiger partial charge in [0.1, 0.15) is 5.25 Å². The minimum atomic E-state index is -4.12. The third-order valence-electron chi connectivity index (χ3n) is 2.79. The molecule has 0 bridgehead atoms. The summed E-state index contributed by atoms with van der Waals surface area (Å²) in [5.74, 6) is 0. The first kappa shape index (κ1) is 12.1. The molecule has 3 nitrogen and oxygen atoms in total. The Hall–Kier alpha value is -1.39. The third-order valence-corrected chi connectivity index (χ3v) is 4.00. The van der Waals surface area contributed by atoms with Crippen molar-refractivity contribution in [3.63, 3.8) is 0 Å². The van der Waals surface area contributed by atoms with E-state index in [1.165, 1.54) is 0 Å². The van der Waals surface area contributed by atoms with Crippen LogP contribution in [0, 0.1) is 6.92 Å². The maximum Gasteiger partial charge on any atom is 0.272 e. The van der Waals surface area contributed by atoms with E-state index in [2.05, 4.69) is 6.92 Å². The van der Waals surface area contributed by atoms with E-state index in [4.69, 9.17) is 0 Å². The van der Waals surface area contributed by atoms with Crippen LogP contribution >= 0.6 is 0 Å². The zero-order valence-corrected chi connectivity index (χ0v) is 10.0. The molecule has 2 aromatic rings. The van der Waals surface area contributed by atoms with Gasteiger partial charge in [0.05, 0.1) is 0 Å². The second-order valence-electron chi connectivity index (χ2n) is 3.86. The van der Waals surface area contributed by atoms with E-state index < -0.39 is 15.4 Å². The first-order valence-corrected chi connectivity index (χ1v) is 6.77. The molecule has 0 saturated heterocycles. The Balaban J connectivity index is 2.70. The van der Waals surface area contributed by atoms with Crippen LogP contribution in [-0.4, -0.2) is 13.0 Å². The fourth-order valence-electron chi connectivity index (χ4n) is 2.00. The molecule has 1 N–H and O–H groups in total. The van der Waals surface area contributed by atoms with E-state index in [0.717, 1.165) is 10.8 Å². The second kappa shape index (κ2) is 4.47. The number of hydrogen-bond acceptors (Lipinski definition) is 2. The molecule has 4 heteroatoms. The van der Waals surface area contributed by atoms with Gasteiger partial charge in [0.2, 0.25) is 0 Å². The van der Waals surface area contributed by atoms with Crippen molar-refractivity contribution in [1.29, 1.82) is 0 Å². The monoisotopic (exact) mass is 249 g/mol.